The number of para-hydroxylation sites is 1. The number of hydrogen-bond donors (Lipinski definition) is 1. The van der Waals surface area contributed by atoms with Gasteiger partial charge in [0.1, 0.15) is 12.4 Å². The molecule has 0 saturated carbocycles. The lowest BCUT2D eigenvalue weighted by Crippen LogP contribution is -2.22. The van der Waals surface area contributed by atoms with Gasteiger partial charge in [0.05, 0.1) is 5.56 Å². The number of amides is 2. The first-order chi connectivity index (χ1) is 14.3. The van der Waals surface area contributed by atoms with Crippen LogP contribution in [0.3, 0.4) is 0 Å². The maximum absolute atomic E-state index is 12.8. The Morgan fingerprint density at radius 2 is 1.73 bits per heavy atom. The van der Waals surface area contributed by atoms with Crippen molar-refractivity contribution in [2.75, 3.05) is 19.4 Å². The van der Waals surface area contributed by atoms with E-state index in [1.54, 1.807) is 80.8 Å². The Morgan fingerprint density at radius 3 is 2.47 bits per heavy atom. The van der Waals surface area contributed by atoms with Crippen LogP contribution in [0.2, 0.25) is 10.0 Å². The molecule has 3 aromatic carbocycles. The minimum atomic E-state index is -0.345. The summed E-state index contributed by atoms with van der Waals surface area (Å²) in [5.74, 6) is -0.0709. The van der Waals surface area contributed by atoms with Gasteiger partial charge >= 0.3 is 0 Å². The van der Waals surface area contributed by atoms with Crippen LogP contribution in [-0.4, -0.2) is 30.8 Å². The molecule has 0 atom stereocenters. The maximum Gasteiger partial charge on any atom is 0.259 e. The smallest absolute Gasteiger partial charge is 0.259 e. The molecule has 0 aliphatic heterocycles. The molecular weight excluding hydrogens is 423 g/mol. The van der Waals surface area contributed by atoms with Crippen LogP contribution in [0.15, 0.2) is 66.7 Å². The van der Waals surface area contributed by atoms with Crippen LogP contribution in [0.1, 0.15) is 26.3 Å². The average Bonchev–Trinajstić information content (AvgIpc) is 2.73. The van der Waals surface area contributed by atoms with E-state index in [0.717, 1.165) is 5.56 Å². The number of nitrogens with zero attached hydrogens (tertiary/aromatic N) is 1. The summed E-state index contributed by atoms with van der Waals surface area (Å²) in [5.41, 5.74) is 2.13. The second-order valence-corrected chi connectivity index (χ2v) is 7.60. The third-order valence-corrected chi connectivity index (χ3v) is 4.89. The largest absolute Gasteiger partial charge is 0.488 e. The van der Waals surface area contributed by atoms with Crippen LogP contribution in [0.5, 0.6) is 5.75 Å². The molecule has 3 rings (SSSR count). The minimum absolute atomic E-state index is 0.144. The molecule has 0 aromatic heterocycles. The van der Waals surface area contributed by atoms with Crippen molar-refractivity contribution in [3.8, 4) is 5.75 Å². The van der Waals surface area contributed by atoms with Gasteiger partial charge in [0.25, 0.3) is 11.8 Å². The van der Waals surface area contributed by atoms with Crippen molar-refractivity contribution in [2.45, 2.75) is 6.61 Å². The van der Waals surface area contributed by atoms with Gasteiger partial charge in [-0.1, -0.05) is 47.5 Å². The Balaban J connectivity index is 1.76. The SMILES string of the molecule is CN(C)C(=O)c1cccc(NC(=O)c2ccccc2OCc2ccc(Cl)cc2Cl)c1. The summed E-state index contributed by atoms with van der Waals surface area (Å²) in [7, 11) is 3.35. The Kier molecular flexibility index (Phi) is 6.98. The number of carbonyl (C=O) groups excluding carboxylic acids is 2. The third kappa shape index (κ3) is 5.32. The molecule has 3 aromatic rings. The fourth-order valence-electron chi connectivity index (χ4n) is 2.76. The molecule has 7 heteroatoms. The molecule has 0 radical (unpaired) electrons. The Bertz CT molecular complexity index is 1080. The van der Waals surface area contributed by atoms with Gasteiger partial charge in [-0.3, -0.25) is 9.59 Å². The second-order valence-electron chi connectivity index (χ2n) is 6.76. The van der Waals surface area contributed by atoms with Crippen molar-refractivity contribution in [3.05, 3.63) is 93.5 Å². The standard InChI is InChI=1S/C23H20Cl2N2O3/c1-27(2)23(29)15-6-5-7-18(12-15)26-22(28)19-8-3-4-9-21(19)30-14-16-10-11-17(24)13-20(16)25/h3-13H,14H2,1-2H3,(H,26,28). The van der Waals surface area contributed by atoms with Crippen molar-refractivity contribution in [1.29, 1.82) is 0 Å². The normalized spacial score (nSPS) is 10.4. The van der Waals surface area contributed by atoms with E-state index in [4.69, 9.17) is 27.9 Å². The van der Waals surface area contributed by atoms with Crippen LogP contribution >= 0.6 is 23.2 Å². The predicted octanol–water partition coefficient (Wildman–Crippen LogP) is 5.53. The Labute approximate surface area is 185 Å². The van der Waals surface area contributed by atoms with Crippen LogP contribution in [0.25, 0.3) is 0 Å². The highest BCUT2D eigenvalue weighted by Crippen LogP contribution is 2.25. The molecule has 0 aliphatic carbocycles. The van der Waals surface area contributed by atoms with Crippen molar-refractivity contribution >= 4 is 40.7 Å². The van der Waals surface area contributed by atoms with E-state index in [1.165, 1.54) is 4.90 Å². The fourth-order valence-corrected chi connectivity index (χ4v) is 3.22. The van der Waals surface area contributed by atoms with Crippen LogP contribution < -0.4 is 10.1 Å². The molecule has 5 nitrogen and oxygen atoms in total. The second kappa shape index (κ2) is 9.65. The summed E-state index contributed by atoms with van der Waals surface area (Å²) < 4.78 is 5.85. The number of carbonyl (C=O) groups is 2. The lowest BCUT2D eigenvalue weighted by molar-refractivity contribution is 0.0827. The fraction of sp³-hybridized carbons (Fsp3) is 0.130. The van der Waals surface area contributed by atoms with E-state index in [9.17, 15) is 9.59 Å². The number of anilines is 1. The van der Waals surface area contributed by atoms with E-state index in [0.29, 0.717) is 32.6 Å². The van der Waals surface area contributed by atoms with Crippen molar-refractivity contribution < 1.29 is 14.3 Å². The molecular formula is C23H20Cl2N2O3. The average molecular weight is 443 g/mol. The number of benzene rings is 3. The number of nitrogens with one attached hydrogen (secondary N) is 1. The summed E-state index contributed by atoms with van der Waals surface area (Å²) in [6.07, 6.45) is 0. The zero-order valence-corrected chi connectivity index (χ0v) is 18.0. The summed E-state index contributed by atoms with van der Waals surface area (Å²) in [4.78, 5) is 26.5. The van der Waals surface area contributed by atoms with Crippen molar-refractivity contribution in [1.82, 2.24) is 4.90 Å². The summed E-state index contributed by atoms with van der Waals surface area (Å²) in [5, 5.41) is 3.85. The van der Waals surface area contributed by atoms with Crippen molar-refractivity contribution in [3.63, 3.8) is 0 Å². The molecule has 0 saturated heterocycles. The first-order valence-electron chi connectivity index (χ1n) is 9.14. The summed E-state index contributed by atoms with van der Waals surface area (Å²) in [6, 6.07) is 18.8. The molecule has 0 fully saturated rings. The lowest BCUT2D eigenvalue weighted by Gasteiger charge is -2.14. The van der Waals surface area contributed by atoms with Crippen LogP contribution in [0.4, 0.5) is 5.69 Å². The Morgan fingerprint density at radius 1 is 0.967 bits per heavy atom. The predicted molar refractivity (Wildman–Crippen MR) is 120 cm³/mol. The Hall–Kier alpha value is -3.02. The van der Waals surface area contributed by atoms with Gasteiger partial charge in [0.15, 0.2) is 0 Å². The lowest BCUT2D eigenvalue weighted by atomic mass is 10.1. The summed E-state index contributed by atoms with van der Waals surface area (Å²) in [6.45, 7) is 0.188. The topological polar surface area (TPSA) is 58.6 Å². The van der Waals surface area contributed by atoms with E-state index in [2.05, 4.69) is 5.32 Å². The van der Waals surface area contributed by atoms with Crippen molar-refractivity contribution in [2.24, 2.45) is 0 Å². The van der Waals surface area contributed by atoms with E-state index in [-0.39, 0.29) is 18.4 Å². The molecule has 1 N–H and O–H groups in total. The molecule has 154 valence electrons. The quantitative estimate of drug-likeness (QED) is 0.545. The van der Waals surface area contributed by atoms with Crippen LogP contribution in [0, 0.1) is 0 Å². The van der Waals surface area contributed by atoms with E-state index < -0.39 is 0 Å². The summed E-state index contributed by atoms with van der Waals surface area (Å²) >= 11 is 12.1. The third-order valence-electron chi connectivity index (χ3n) is 4.30. The highest BCUT2D eigenvalue weighted by Gasteiger charge is 2.15. The number of hydrogen-bond acceptors (Lipinski definition) is 3. The first kappa shape index (κ1) is 21.7. The zero-order valence-electron chi connectivity index (χ0n) is 16.5. The van der Waals surface area contributed by atoms with Gasteiger partial charge in [-0.2, -0.15) is 0 Å². The van der Waals surface area contributed by atoms with Gasteiger partial charge in [-0.15, -0.1) is 0 Å². The van der Waals surface area contributed by atoms with Crippen LogP contribution in [-0.2, 0) is 6.61 Å². The molecule has 30 heavy (non-hydrogen) atoms. The van der Waals surface area contributed by atoms with E-state index in [1.807, 2.05) is 0 Å². The molecule has 0 unspecified atom stereocenters. The van der Waals surface area contributed by atoms with Gasteiger partial charge in [-0.25, -0.2) is 0 Å². The van der Waals surface area contributed by atoms with Gasteiger partial charge in [0.2, 0.25) is 0 Å². The van der Waals surface area contributed by atoms with Gasteiger partial charge in [0, 0.05) is 41.0 Å². The highest BCUT2D eigenvalue weighted by molar-refractivity contribution is 6.35. The van der Waals surface area contributed by atoms with Gasteiger partial charge < -0.3 is 15.0 Å². The highest BCUT2D eigenvalue weighted by atomic mass is 35.5. The van der Waals surface area contributed by atoms with Gasteiger partial charge in [-0.05, 0) is 42.5 Å². The monoisotopic (exact) mass is 442 g/mol. The number of ether oxygens (including phenoxy) is 1. The first-order valence-corrected chi connectivity index (χ1v) is 9.89. The minimum Gasteiger partial charge on any atom is -0.488 e. The molecule has 0 bridgehead atoms. The number of halogens is 2. The molecule has 0 aliphatic rings. The van der Waals surface area contributed by atoms with E-state index >= 15 is 0 Å². The molecule has 0 heterocycles. The molecule has 2 amide bonds. The zero-order chi connectivity index (χ0) is 21.7. The maximum atomic E-state index is 12.8. The molecule has 0 spiro atoms. The number of rotatable bonds is 6.